The van der Waals surface area contributed by atoms with Gasteiger partial charge in [0.2, 0.25) is 0 Å². The third-order valence-corrected chi connectivity index (χ3v) is 5.69. The zero-order valence-electron chi connectivity index (χ0n) is 16.7. The zero-order valence-corrected chi connectivity index (χ0v) is 16.7. The molecular formula is C23H19F3N4O. The number of carbonyl (C=O) groups excluding carboxylic acids is 1. The molecule has 0 aliphatic heterocycles. The van der Waals surface area contributed by atoms with E-state index in [4.69, 9.17) is 6.57 Å². The van der Waals surface area contributed by atoms with Crippen molar-refractivity contribution in [3.05, 3.63) is 77.4 Å². The molecule has 158 valence electrons. The number of aromatic nitrogens is 2. The summed E-state index contributed by atoms with van der Waals surface area (Å²) in [5, 5.41) is 6.99. The second-order valence-corrected chi connectivity index (χ2v) is 7.72. The molecule has 1 heterocycles. The highest BCUT2D eigenvalue weighted by atomic mass is 19.4. The molecule has 1 aliphatic rings. The molecule has 0 radical (unpaired) electrons. The zero-order chi connectivity index (χ0) is 22.2. The Kier molecular flexibility index (Phi) is 5.05. The van der Waals surface area contributed by atoms with Crippen LogP contribution >= 0.6 is 0 Å². The van der Waals surface area contributed by atoms with Crippen LogP contribution in [0.3, 0.4) is 0 Å². The van der Waals surface area contributed by atoms with Crippen LogP contribution in [0.4, 0.5) is 24.5 Å². The van der Waals surface area contributed by atoms with Crippen LogP contribution < -0.4 is 5.32 Å². The van der Waals surface area contributed by atoms with Crippen molar-refractivity contribution in [2.45, 2.75) is 37.9 Å². The van der Waals surface area contributed by atoms with Crippen molar-refractivity contribution in [2.75, 3.05) is 5.32 Å². The van der Waals surface area contributed by atoms with E-state index in [1.807, 2.05) is 31.2 Å². The van der Waals surface area contributed by atoms with Crippen LogP contribution in [-0.2, 0) is 16.5 Å². The van der Waals surface area contributed by atoms with Crippen LogP contribution in [0, 0.1) is 13.5 Å². The van der Waals surface area contributed by atoms with E-state index in [2.05, 4.69) is 15.3 Å². The summed E-state index contributed by atoms with van der Waals surface area (Å²) in [6.45, 7) is 8.93. The first-order valence-electron chi connectivity index (χ1n) is 9.75. The Balaban J connectivity index is 1.61. The number of halogens is 3. The number of hydrogen-bond acceptors (Lipinski definition) is 2. The second kappa shape index (κ2) is 7.58. The van der Waals surface area contributed by atoms with Gasteiger partial charge in [-0.15, -0.1) is 0 Å². The van der Waals surface area contributed by atoms with Crippen LogP contribution in [-0.4, -0.2) is 15.7 Å². The molecule has 2 aromatic carbocycles. The van der Waals surface area contributed by atoms with Crippen molar-refractivity contribution in [3.63, 3.8) is 0 Å². The molecule has 0 bridgehead atoms. The van der Waals surface area contributed by atoms with Gasteiger partial charge in [0.25, 0.3) is 5.91 Å². The number of carbonyl (C=O) groups is 1. The molecule has 31 heavy (non-hydrogen) atoms. The lowest BCUT2D eigenvalue weighted by Gasteiger charge is -2.40. The first kappa shape index (κ1) is 20.7. The van der Waals surface area contributed by atoms with Gasteiger partial charge in [-0.1, -0.05) is 35.9 Å². The fourth-order valence-corrected chi connectivity index (χ4v) is 3.71. The van der Waals surface area contributed by atoms with Crippen LogP contribution in [0.15, 0.2) is 54.9 Å². The summed E-state index contributed by atoms with van der Waals surface area (Å²) in [6.07, 6.45) is 0.703. The highest BCUT2D eigenvalue weighted by Crippen LogP contribution is 2.42. The predicted molar refractivity (Wildman–Crippen MR) is 111 cm³/mol. The summed E-state index contributed by atoms with van der Waals surface area (Å²) >= 11 is 0. The molecule has 5 nitrogen and oxygen atoms in total. The van der Waals surface area contributed by atoms with Gasteiger partial charge in [-0.05, 0) is 43.9 Å². The van der Waals surface area contributed by atoms with Gasteiger partial charge in [-0.2, -0.15) is 18.3 Å². The molecule has 0 unspecified atom stereocenters. The maximum Gasteiger partial charge on any atom is 0.407 e. The summed E-state index contributed by atoms with van der Waals surface area (Å²) in [5.41, 5.74) is 0.452. The fourth-order valence-electron chi connectivity index (χ4n) is 3.71. The summed E-state index contributed by atoms with van der Waals surface area (Å²) in [6, 6.07) is 11.1. The van der Waals surface area contributed by atoms with E-state index in [1.165, 1.54) is 6.07 Å². The number of rotatable bonds is 4. The van der Waals surface area contributed by atoms with Gasteiger partial charge in [0.05, 0.1) is 18.3 Å². The molecule has 1 amide bonds. The van der Waals surface area contributed by atoms with E-state index in [0.29, 0.717) is 12.8 Å². The van der Waals surface area contributed by atoms with E-state index in [-0.39, 0.29) is 5.69 Å². The minimum atomic E-state index is -4.68. The van der Waals surface area contributed by atoms with Crippen LogP contribution in [0.2, 0.25) is 0 Å². The normalized spacial score (nSPS) is 15.1. The van der Waals surface area contributed by atoms with Gasteiger partial charge in [0, 0.05) is 17.4 Å². The third kappa shape index (κ3) is 3.79. The Hall–Kier alpha value is -3.60. The molecule has 0 spiro atoms. The standard InChI is InChI=1S/C23H19F3N4O/c1-15-4-6-16(7-5-15)17-13-28-30(14-17)22(10-3-11-22)21(31)29-18-8-9-20(27-2)19(12-18)23(24,25)26/h4-9,12-14H,3,10-11H2,1H3,(H,29,31). The SMILES string of the molecule is [C-]#[N+]c1ccc(NC(=O)C2(n3cc(-c4ccc(C)cc4)cn3)CCC2)cc1C(F)(F)F. The number of alkyl halides is 3. The van der Waals surface area contributed by atoms with Crippen molar-refractivity contribution in [1.29, 1.82) is 0 Å². The van der Waals surface area contributed by atoms with Crippen molar-refractivity contribution in [2.24, 2.45) is 0 Å². The quantitative estimate of drug-likeness (QED) is 0.527. The van der Waals surface area contributed by atoms with Gasteiger partial charge in [-0.3, -0.25) is 9.48 Å². The largest absolute Gasteiger partial charge is 0.407 e. The average molecular weight is 424 g/mol. The van der Waals surface area contributed by atoms with E-state index in [1.54, 1.807) is 17.1 Å². The third-order valence-electron chi connectivity index (χ3n) is 5.69. The molecule has 1 aromatic heterocycles. The molecule has 4 rings (SSSR count). The fraction of sp³-hybridized carbons (Fsp3) is 0.261. The summed E-state index contributed by atoms with van der Waals surface area (Å²) in [7, 11) is 0. The van der Waals surface area contributed by atoms with Crippen molar-refractivity contribution < 1.29 is 18.0 Å². The van der Waals surface area contributed by atoms with Crippen molar-refractivity contribution in [3.8, 4) is 11.1 Å². The highest BCUT2D eigenvalue weighted by molar-refractivity contribution is 5.97. The number of anilines is 1. The van der Waals surface area contributed by atoms with E-state index in [9.17, 15) is 18.0 Å². The predicted octanol–water partition coefficient (Wildman–Crippen LogP) is 5.95. The second-order valence-electron chi connectivity index (χ2n) is 7.72. The first-order valence-corrected chi connectivity index (χ1v) is 9.75. The van der Waals surface area contributed by atoms with Crippen LogP contribution in [0.1, 0.15) is 30.4 Å². The van der Waals surface area contributed by atoms with Gasteiger partial charge < -0.3 is 5.32 Å². The molecule has 1 N–H and O–H groups in total. The van der Waals surface area contributed by atoms with Crippen LogP contribution in [0.5, 0.6) is 0 Å². The number of aryl methyl sites for hydroxylation is 1. The molecule has 0 atom stereocenters. The molecule has 3 aromatic rings. The number of nitrogens with zero attached hydrogens (tertiary/aromatic N) is 3. The Morgan fingerprint density at radius 1 is 1.16 bits per heavy atom. The molecule has 1 saturated carbocycles. The molecule has 8 heteroatoms. The maximum atomic E-state index is 13.2. The smallest absolute Gasteiger partial charge is 0.324 e. The number of amides is 1. The van der Waals surface area contributed by atoms with Crippen molar-refractivity contribution >= 4 is 17.3 Å². The van der Waals surface area contributed by atoms with Gasteiger partial charge in [-0.25, -0.2) is 4.85 Å². The number of hydrogen-bond donors (Lipinski definition) is 1. The van der Waals surface area contributed by atoms with Gasteiger partial charge in [0.1, 0.15) is 5.54 Å². The van der Waals surface area contributed by atoms with Crippen LogP contribution in [0.25, 0.3) is 16.0 Å². The Morgan fingerprint density at radius 2 is 1.87 bits per heavy atom. The van der Waals surface area contributed by atoms with E-state index < -0.39 is 28.9 Å². The molecule has 0 saturated heterocycles. The minimum absolute atomic E-state index is 0.00177. The summed E-state index contributed by atoms with van der Waals surface area (Å²) in [4.78, 5) is 16.0. The molecule has 1 fully saturated rings. The highest BCUT2D eigenvalue weighted by Gasteiger charge is 2.47. The Morgan fingerprint density at radius 3 is 2.45 bits per heavy atom. The van der Waals surface area contributed by atoms with Gasteiger partial charge >= 0.3 is 6.18 Å². The molecular weight excluding hydrogens is 405 g/mol. The summed E-state index contributed by atoms with van der Waals surface area (Å²) in [5.74, 6) is -0.416. The average Bonchev–Trinajstić information content (AvgIpc) is 3.17. The lowest BCUT2D eigenvalue weighted by atomic mass is 9.76. The van der Waals surface area contributed by atoms with E-state index in [0.717, 1.165) is 35.2 Å². The minimum Gasteiger partial charge on any atom is -0.324 e. The van der Waals surface area contributed by atoms with Crippen molar-refractivity contribution in [1.82, 2.24) is 9.78 Å². The number of benzene rings is 2. The Labute approximate surface area is 177 Å². The van der Waals surface area contributed by atoms with E-state index >= 15 is 0 Å². The lowest BCUT2D eigenvalue weighted by Crippen LogP contribution is -2.51. The number of nitrogens with one attached hydrogen (secondary N) is 1. The monoisotopic (exact) mass is 424 g/mol. The lowest BCUT2D eigenvalue weighted by molar-refractivity contribution is -0.137. The maximum absolute atomic E-state index is 13.2. The van der Waals surface area contributed by atoms with Gasteiger partial charge in [0.15, 0.2) is 5.69 Å². The topological polar surface area (TPSA) is 51.3 Å². The molecule has 1 aliphatic carbocycles. The Bertz CT molecular complexity index is 1170. The summed E-state index contributed by atoms with van der Waals surface area (Å²) < 4.78 is 41.4. The first-order chi connectivity index (χ1) is 14.7.